The van der Waals surface area contributed by atoms with E-state index in [1.54, 1.807) is 0 Å². The smallest absolute Gasteiger partial charge is 0.122 e. The topological polar surface area (TPSA) is 62.6 Å². The lowest BCUT2D eigenvalue weighted by Gasteiger charge is -2.28. The van der Waals surface area contributed by atoms with Crippen molar-refractivity contribution in [3.05, 3.63) is 23.7 Å². The number of aryl methyl sites for hydroxylation is 1. The fraction of sp³-hybridized carbons (Fsp3) is 0.667. The summed E-state index contributed by atoms with van der Waals surface area (Å²) in [4.78, 5) is 2.16. The van der Waals surface area contributed by atoms with E-state index in [0.717, 1.165) is 24.5 Å². The van der Waals surface area contributed by atoms with Crippen LogP contribution in [0.25, 0.3) is 0 Å². The lowest BCUT2D eigenvalue weighted by atomic mass is 10.2. The van der Waals surface area contributed by atoms with Crippen LogP contribution in [0.5, 0.6) is 0 Å². The normalized spacial score (nSPS) is 13.3. The summed E-state index contributed by atoms with van der Waals surface area (Å²) in [6.07, 6.45) is 1.04. The van der Waals surface area contributed by atoms with Crippen LogP contribution >= 0.6 is 0 Å². The average molecular weight is 226 g/mol. The van der Waals surface area contributed by atoms with Gasteiger partial charge in [-0.3, -0.25) is 4.90 Å². The minimum atomic E-state index is 0.0702. The maximum atomic E-state index is 9.05. The van der Waals surface area contributed by atoms with E-state index < -0.39 is 0 Å². The summed E-state index contributed by atoms with van der Waals surface area (Å²) in [6, 6.07) is 3.98. The Kier molecular flexibility index (Phi) is 5.52. The van der Waals surface area contributed by atoms with Gasteiger partial charge in [-0.05, 0) is 32.0 Å². The van der Waals surface area contributed by atoms with Crippen LogP contribution in [0, 0.1) is 6.92 Å². The Hall–Kier alpha value is -0.840. The van der Waals surface area contributed by atoms with E-state index in [1.807, 2.05) is 19.1 Å². The first-order valence-electron chi connectivity index (χ1n) is 5.84. The van der Waals surface area contributed by atoms with E-state index in [1.165, 1.54) is 0 Å². The Morgan fingerprint density at radius 1 is 1.44 bits per heavy atom. The standard InChI is InChI=1S/C12H22N2O2/c1-3-6-14(7-8-15)11(9-13)12-5-4-10(2)16-12/h4-5,11,15H,3,6-9,13H2,1-2H3. The van der Waals surface area contributed by atoms with Crippen molar-refractivity contribution in [1.29, 1.82) is 0 Å². The van der Waals surface area contributed by atoms with E-state index >= 15 is 0 Å². The molecule has 92 valence electrons. The molecule has 0 saturated heterocycles. The molecule has 0 bridgehead atoms. The molecule has 0 aliphatic carbocycles. The summed E-state index contributed by atoms with van der Waals surface area (Å²) in [7, 11) is 0. The van der Waals surface area contributed by atoms with Crippen LogP contribution in [0.1, 0.15) is 30.9 Å². The zero-order valence-electron chi connectivity index (χ0n) is 10.1. The Morgan fingerprint density at radius 3 is 2.62 bits per heavy atom. The van der Waals surface area contributed by atoms with Crippen molar-refractivity contribution in [3.8, 4) is 0 Å². The fourth-order valence-corrected chi connectivity index (χ4v) is 1.92. The van der Waals surface area contributed by atoms with E-state index in [9.17, 15) is 0 Å². The third kappa shape index (κ3) is 3.33. The molecular weight excluding hydrogens is 204 g/mol. The molecule has 0 spiro atoms. The monoisotopic (exact) mass is 226 g/mol. The second-order valence-corrected chi connectivity index (χ2v) is 3.96. The zero-order valence-corrected chi connectivity index (χ0v) is 10.1. The van der Waals surface area contributed by atoms with Crippen LogP contribution in [-0.4, -0.2) is 36.2 Å². The molecule has 1 atom stereocenters. The molecule has 0 saturated carbocycles. The van der Waals surface area contributed by atoms with E-state index in [4.69, 9.17) is 15.3 Å². The predicted molar refractivity (Wildman–Crippen MR) is 64.2 cm³/mol. The molecule has 4 heteroatoms. The lowest BCUT2D eigenvalue weighted by molar-refractivity contribution is 0.139. The molecule has 1 unspecified atom stereocenters. The maximum absolute atomic E-state index is 9.05. The quantitative estimate of drug-likeness (QED) is 0.735. The van der Waals surface area contributed by atoms with Crippen LogP contribution in [0.15, 0.2) is 16.5 Å². The molecular formula is C12H22N2O2. The third-order valence-corrected chi connectivity index (χ3v) is 2.65. The van der Waals surface area contributed by atoms with E-state index in [2.05, 4.69) is 11.8 Å². The molecule has 1 heterocycles. The van der Waals surface area contributed by atoms with Gasteiger partial charge in [0.1, 0.15) is 11.5 Å². The van der Waals surface area contributed by atoms with E-state index in [0.29, 0.717) is 13.1 Å². The second-order valence-electron chi connectivity index (χ2n) is 3.96. The van der Waals surface area contributed by atoms with Crippen LogP contribution in [0.3, 0.4) is 0 Å². The molecule has 3 N–H and O–H groups in total. The molecule has 0 fully saturated rings. The Morgan fingerprint density at radius 2 is 2.19 bits per heavy atom. The van der Waals surface area contributed by atoms with Gasteiger partial charge in [0.15, 0.2) is 0 Å². The fourth-order valence-electron chi connectivity index (χ4n) is 1.92. The highest BCUT2D eigenvalue weighted by Gasteiger charge is 2.20. The van der Waals surface area contributed by atoms with Crippen molar-refractivity contribution in [1.82, 2.24) is 4.90 Å². The summed E-state index contributed by atoms with van der Waals surface area (Å²) in [5, 5.41) is 9.05. The van der Waals surface area contributed by atoms with Gasteiger partial charge in [-0.15, -0.1) is 0 Å². The first kappa shape index (κ1) is 13.2. The SMILES string of the molecule is CCCN(CCO)C(CN)c1ccc(C)o1. The van der Waals surface area contributed by atoms with Gasteiger partial charge in [-0.1, -0.05) is 6.92 Å². The minimum absolute atomic E-state index is 0.0702. The molecule has 0 radical (unpaired) electrons. The summed E-state index contributed by atoms with van der Waals surface area (Å²) in [6.45, 7) is 6.25. The van der Waals surface area contributed by atoms with Crippen molar-refractivity contribution in [3.63, 3.8) is 0 Å². The summed E-state index contributed by atoms with van der Waals surface area (Å²) in [5.74, 6) is 1.79. The molecule has 0 amide bonds. The van der Waals surface area contributed by atoms with Gasteiger partial charge >= 0.3 is 0 Å². The molecule has 0 aliphatic heterocycles. The molecule has 1 aromatic rings. The summed E-state index contributed by atoms with van der Waals surface area (Å²) < 4.78 is 5.61. The van der Waals surface area contributed by atoms with Gasteiger partial charge in [0.05, 0.1) is 12.6 Å². The number of rotatable bonds is 7. The van der Waals surface area contributed by atoms with Gasteiger partial charge in [-0.25, -0.2) is 0 Å². The number of hydrogen-bond donors (Lipinski definition) is 2. The van der Waals surface area contributed by atoms with Crippen molar-refractivity contribution >= 4 is 0 Å². The third-order valence-electron chi connectivity index (χ3n) is 2.65. The van der Waals surface area contributed by atoms with Crippen LogP contribution in [0.4, 0.5) is 0 Å². The maximum Gasteiger partial charge on any atom is 0.122 e. The Bertz CT molecular complexity index is 293. The Labute approximate surface area is 97.0 Å². The van der Waals surface area contributed by atoms with Gasteiger partial charge in [-0.2, -0.15) is 0 Å². The van der Waals surface area contributed by atoms with Crippen molar-refractivity contribution in [2.45, 2.75) is 26.3 Å². The minimum Gasteiger partial charge on any atom is -0.465 e. The molecule has 1 aromatic heterocycles. The lowest BCUT2D eigenvalue weighted by Crippen LogP contribution is -2.36. The summed E-state index contributed by atoms with van der Waals surface area (Å²) >= 11 is 0. The highest BCUT2D eigenvalue weighted by molar-refractivity contribution is 5.10. The molecule has 1 rings (SSSR count). The average Bonchev–Trinajstić information content (AvgIpc) is 2.67. The molecule has 0 aliphatic rings. The Balaban J connectivity index is 2.76. The first-order valence-corrected chi connectivity index (χ1v) is 5.84. The van der Waals surface area contributed by atoms with Crippen LogP contribution < -0.4 is 5.73 Å². The highest BCUT2D eigenvalue weighted by Crippen LogP contribution is 2.21. The summed E-state index contributed by atoms with van der Waals surface area (Å²) in [5.41, 5.74) is 5.79. The van der Waals surface area contributed by atoms with E-state index in [-0.39, 0.29) is 12.6 Å². The van der Waals surface area contributed by atoms with Gasteiger partial charge in [0.2, 0.25) is 0 Å². The number of aliphatic hydroxyl groups excluding tert-OH is 1. The zero-order chi connectivity index (χ0) is 12.0. The largest absolute Gasteiger partial charge is 0.465 e. The van der Waals surface area contributed by atoms with Gasteiger partial charge in [0.25, 0.3) is 0 Å². The predicted octanol–water partition coefficient (Wildman–Crippen LogP) is 1.29. The molecule has 4 nitrogen and oxygen atoms in total. The van der Waals surface area contributed by atoms with Crippen molar-refractivity contribution in [2.24, 2.45) is 5.73 Å². The number of nitrogens with zero attached hydrogens (tertiary/aromatic N) is 1. The number of aliphatic hydroxyl groups is 1. The van der Waals surface area contributed by atoms with Gasteiger partial charge in [0, 0.05) is 13.1 Å². The van der Waals surface area contributed by atoms with Crippen molar-refractivity contribution < 1.29 is 9.52 Å². The van der Waals surface area contributed by atoms with Crippen molar-refractivity contribution in [2.75, 3.05) is 26.2 Å². The number of hydrogen-bond acceptors (Lipinski definition) is 4. The number of furan rings is 1. The second kappa shape index (κ2) is 6.68. The highest BCUT2D eigenvalue weighted by atomic mass is 16.3. The van der Waals surface area contributed by atoms with Crippen LogP contribution in [-0.2, 0) is 0 Å². The van der Waals surface area contributed by atoms with Crippen LogP contribution in [0.2, 0.25) is 0 Å². The number of nitrogens with two attached hydrogens (primary N) is 1. The molecule has 0 aromatic carbocycles. The van der Waals surface area contributed by atoms with Gasteiger partial charge < -0.3 is 15.3 Å². The first-order chi connectivity index (χ1) is 7.72. The molecule has 16 heavy (non-hydrogen) atoms.